The van der Waals surface area contributed by atoms with Crippen molar-refractivity contribution in [3.05, 3.63) is 162 Å². The van der Waals surface area contributed by atoms with Gasteiger partial charge in [0.05, 0.1) is 0 Å². The normalized spacial score (nSPS) is 13.1. The molecule has 0 heterocycles. The first-order chi connectivity index (χ1) is 19.2. The Morgan fingerprint density at radius 1 is 0.450 bits per heavy atom. The zero-order chi connectivity index (χ0) is 26.0. The van der Waals surface area contributed by atoms with Gasteiger partial charge >= 0.3 is 0 Å². The van der Waals surface area contributed by atoms with Crippen molar-refractivity contribution in [2.75, 3.05) is 0 Å². The molecule has 0 aromatic heterocycles. The second kappa shape index (κ2) is 9.80. The Bertz CT molecular complexity index is 1910. The molecule has 0 unspecified atom stereocenters. The molecule has 1 aliphatic carbocycles. The summed E-state index contributed by atoms with van der Waals surface area (Å²) in [4.78, 5) is 0. The molecule has 0 atom stereocenters. The van der Waals surface area contributed by atoms with E-state index in [9.17, 15) is 5.11 Å². The van der Waals surface area contributed by atoms with Crippen molar-refractivity contribution in [1.82, 2.24) is 0 Å². The van der Waals surface area contributed by atoms with E-state index in [0.29, 0.717) is 0 Å². The summed E-state index contributed by atoms with van der Waals surface area (Å²) in [6.07, 6.45) is 0. The van der Waals surface area contributed by atoms with Gasteiger partial charge in [0, 0.05) is 48.9 Å². The molecule has 0 amide bonds. The molecule has 0 saturated heterocycles. The molecule has 0 saturated carbocycles. The van der Waals surface area contributed by atoms with Gasteiger partial charge in [0.25, 0.3) is 0 Å². The summed E-state index contributed by atoms with van der Waals surface area (Å²) in [6, 6.07) is 51.0. The van der Waals surface area contributed by atoms with Crippen molar-refractivity contribution in [2.45, 2.75) is 5.60 Å². The SMILES string of the molecule is OC1(c2ccc(-c3ccc(-[c-]4c5ccccc5c5ccccc54)cc3)cc2)c2ccccc2-c2ccccc21.[Ho]. The fourth-order valence-corrected chi connectivity index (χ4v) is 6.58. The molecule has 0 aliphatic heterocycles. The number of fused-ring (bicyclic) bond motifs is 6. The molecule has 40 heavy (non-hydrogen) atoms. The molecular formula is C38H25HoO-. The van der Waals surface area contributed by atoms with Crippen LogP contribution in [0.2, 0.25) is 0 Å². The molecule has 195 valence electrons. The third-order valence-corrected chi connectivity index (χ3v) is 8.42. The Kier molecular flexibility index (Phi) is 6.22. The quantitative estimate of drug-likeness (QED) is 0.148. The van der Waals surface area contributed by atoms with Crippen LogP contribution in [0, 0.1) is 37.7 Å². The van der Waals surface area contributed by atoms with Gasteiger partial charge in [-0.15, -0.1) is 0 Å². The molecule has 1 radical (unpaired) electrons. The average molecular weight is 663 g/mol. The van der Waals surface area contributed by atoms with Gasteiger partial charge in [-0.2, -0.15) is 0 Å². The number of rotatable bonds is 3. The molecule has 0 spiro atoms. The summed E-state index contributed by atoms with van der Waals surface area (Å²) in [6.45, 7) is 0. The number of hydrogen-bond acceptors (Lipinski definition) is 1. The predicted octanol–water partition coefficient (Wildman–Crippen LogP) is 9.31. The second-order valence-corrected chi connectivity index (χ2v) is 10.4. The largest absolute Gasteiger partial charge is 0.376 e. The van der Waals surface area contributed by atoms with Gasteiger partial charge in [0.2, 0.25) is 0 Å². The van der Waals surface area contributed by atoms with E-state index < -0.39 is 5.60 Å². The van der Waals surface area contributed by atoms with E-state index in [1.807, 2.05) is 36.4 Å². The molecule has 0 fully saturated rings. The number of hydrogen-bond donors (Lipinski definition) is 1. The first-order valence-corrected chi connectivity index (χ1v) is 13.4. The van der Waals surface area contributed by atoms with Crippen LogP contribution in [-0.4, -0.2) is 5.11 Å². The third kappa shape index (κ3) is 3.66. The van der Waals surface area contributed by atoms with Gasteiger partial charge in [-0.05, 0) is 27.8 Å². The van der Waals surface area contributed by atoms with E-state index in [2.05, 4.69) is 109 Å². The van der Waals surface area contributed by atoms with E-state index in [-0.39, 0.29) is 37.7 Å². The van der Waals surface area contributed by atoms with Gasteiger partial charge in [-0.3, -0.25) is 0 Å². The minimum Gasteiger partial charge on any atom is -0.376 e. The van der Waals surface area contributed by atoms with Gasteiger partial charge in [-0.1, -0.05) is 178 Å². The van der Waals surface area contributed by atoms with Crippen molar-refractivity contribution in [3.8, 4) is 33.4 Å². The van der Waals surface area contributed by atoms with Crippen LogP contribution in [-0.2, 0) is 5.60 Å². The Balaban J connectivity index is 0.00000264. The van der Waals surface area contributed by atoms with E-state index >= 15 is 0 Å². The van der Waals surface area contributed by atoms with E-state index in [1.54, 1.807) is 0 Å². The molecule has 7 aromatic rings. The van der Waals surface area contributed by atoms with Crippen molar-refractivity contribution in [1.29, 1.82) is 0 Å². The van der Waals surface area contributed by atoms with Gasteiger partial charge in [0.1, 0.15) is 5.60 Å². The molecule has 1 aliphatic rings. The van der Waals surface area contributed by atoms with Crippen LogP contribution in [0.3, 0.4) is 0 Å². The molecule has 8 rings (SSSR count). The van der Waals surface area contributed by atoms with Crippen LogP contribution in [0.4, 0.5) is 0 Å². The topological polar surface area (TPSA) is 20.2 Å². The molecule has 7 aromatic carbocycles. The van der Waals surface area contributed by atoms with Crippen LogP contribution in [0.1, 0.15) is 16.7 Å². The first-order valence-electron chi connectivity index (χ1n) is 13.4. The first kappa shape index (κ1) is 25.4. The minimum atomic E-state index is -1.16. The van der Waals surface area contributed by atoms with E-state index in [1.165, 1.54) is 32.7 Å². The smallest absolute Gasteiger partial charge is 0.141 e. The van der Waals surface area contributed by atoms with Crippen LogP contribution in [0.15, 0.2) is 146 Å². The summed E-state index contributed by atoms with van der Waals surface area (Å²) in [7, 11) is 0. The van der Waals surface area contributed by atoms with Gasteiger partial charge < -0.3 is 5.11 Å². The van der Waals surface area contributed by atoms with Crippen LogP contribution >= 0.6 is 0 Å². The Hall–Kier alpha value is -3.59. The molecular weight excluding hydrogens is 637 g/mol. The van der Waals surface area contributed by atoms with Crippen molar-refractivity contribution in [2.24, 2.45) is 0 Å². The maximum atomic E-state index is 12.1. The summed E-state index contributed by atoms with van der Waals surface area (Å²) in [5, 5.41) is 17.3. The van der Waals surface area contributed by atoms with Crippen LogP contribution in [0.5, 0.6) is 0 Å². The molecule has 1 nitrogen and oxygen atoms in total. The Morgan fingerprint density at radius 3 is 1.40 bits per heavy atom. The van der Waals surface area contributed by atoms with E-state index in [4.69, 9.17) is 0 Å². The number of aliphatic hydroxyl groups is 1. The average Bonchev–Trinajstić information content (AvgIpc) is 3.48. The fraction of sp³-hybridized carbons (Fsp3) is 0.0263. The molecule has 2 heteroatoms. The van der Waals surface area contributed by atoms with Crippen LogP contribution < -0.4 is 0 Å². The summed E-state index contributed by atoms with van der Waals surface area (Å²) >= 11 is 0. The van der Waals surface area contributed by atoms with Gasteiger partial charge in [0.15, 0.2) is 0 Å². The Labute approximate surface area is 263 Å². The molecule has 1 N–H and O–H groups in total. The zero-order valence-electron chi connectivity index (χ0n) is 21.6. The minimum absolute atomic E-state index is 0. The number of benzene rings is 6. The fourth-order valence-electron chi connectivity index (χ4n) is 6.58. The van der Waals surface area contributed by atoms with Crippen molar-refractivity contribution in [3.63, 3.8) is 0 Å². The Morgan fingerprint density at radius 2 is 0.875 bits per heavy atom. The van der Waals surface area contributed by atoms with Crippen molar-refractivity contribution >= 4 is 21.5 Å². The summed E-state index contributed by atoms with van der Waals surface area (Å²) in [5.41, 5.74) is 8.62. The summed E-state index contributed by atoms with van der Waals surface area (Å²) < 4.78 is 0. The second-order valence-electron chi connectivity index (χ2n) is 10.4. The maximum absolute atomic E-state index is 12.1. The maximum Gasteiger partial charge on any atom is 0.141 e. The standard InChI is InChI=1S/C38H25O.Ho/c39-38(35-15-7-5-11-31(35)32-12-6-8-16-36(32)38)28-23-21-26(22-24-28)25-17-19-27(20-18-25)37-33-13-3-1-9-29(33)30-10-2-4-14-34(30)37;/h1-24,39H;/q-1;. The van der Waals surface area contributed by atoms with E-state index in [0.717, 1.165) is 38.9 Å². The van der Waals surface area contributed by atoms with Crippen molar-refractivity contribution < 1.29 is 42.8 Å². The zero-order valence-corrected chi connectivity index (χ0v) is 23.5. The predicted molar refractivity (Wildman–Crippen MR) is 162 cm³/mol. The third-order valence-electron chi connectivity index (χ3n) is 8.42. The van der Waals surface area contributed by atoms with Crippen LogP contribution in [0.25, 0.3) is 54.9 Å². The monoisotopic (exact) mass is 662 g/mol. The van der Waals surface area contributed by atoms with Gasteiger partial charge in [-0.25, -0.2) is 0 Å². The summed E-state index contributed by atoms with van der Waals surface area (Å²) in [5.74, 6) is 0. The molecule has 0 bridgehead atoms.